The van der Waals surface area contributed by atoms with Crippen molar-refractivity contribution in [2.24, 2.45) is 0 Å². The first-order chi connectivity index (χ1) is 25.4. The lowest BCUT2D eigenvalue weighted by Crippen LogP contribution is -2.24. The Bertz CT molecular complexity index is 1830. The molecular weight excluding hydrogens is 792 g/mol. The number of methoxy groups -OCH3 is 2. The number of hydrogen-bond acceptors (Lipinski definition) is 7. The summed E-state index contributed by atoms with van der Waals surface area (Å²) < 4.78 is 27.9. The first kappa shape index (κ1) is 39.0. The Labute approximate surface area is 323 Å². The average Bonchev–Trinajstić information content (AvgIpc) is 3.63. The topological polar surface area (TPSA) is 101 Å². The number of aromatic nitrogens is 2. The van der Waals surface area contributed by atoms with Gasteiger partial charge in [-0.25, -0.2) is 9.59 Å². The maximum Gasteiger partial charge on any atom is 0.337 e. The van der Waals surface area contributed by atoms with E-state index < -0.39 is 0 Å². The van der Waals surface area contributed by atoms with Gasteiger partial charge in [-0.2, -0.15) is 0 Å². The van der Waals surface area contributed by atoms with Crippen molar-refractivity contribution >= 4 is 65.6 Å². The van der Waals surface area contributed by atoms with Gasteiger partial charge in [0.1, 0.15) is 0 Å². The van der Waals surface area contributed by atoms with Crippen molar-refractivity contribution in [3.05, 3.63) is 67.9 Å². The lowest BCUT2D eigenvalue weighted by molar-refractivity contribution is -0.163. The molecule has 3 heterocycles. The van der Waals surface area contributed by atoms with Crippen molar-refractivity contribution in [2.45, 2.75) is 115 Å². The van der Waals surface area contributed by atoms with Crippen LogP contribution in [0.2, 0.25) is 0 Å². The van der Waals surface area contributed by atoms with Crippen LogP contribution in [-0.4, -0.2) is 66.5 Å². The number of esters is 2. The first-order valence-corrected chi connectivity index (χ1v) is 20.6. The number of ether oxygens (including phenoxy) is 4. The standard InChI is InChI=1S/C23H30BrNO4.C18H22BrNO3/c1-27-23(26)17-10-11-18-19(15-17)25(12-14-29-20-9-5-6-13-28-20)22(24)21(18)16-7-3-2-4-8-16;1-23-18(22)13-7-8-14-15(11-13)20(9-10-21)17(19)16(14)12-5-3-2-4-6-12/h10-11,15-16,20H,2-9,12-14H2,1H3;7-8,11-12,21H,2-6,9-10H2,1H3. The molecule has 4 aromatic rings. The van der Waals surface area contributed by atoms with E-state index in [1.54, 1.807) is 0 Å². The minimum Gasteiger partial charge on any atom is -0.465 e. The molecule has 0 spiro atoms. The molecule has 1 N–H and O–H groups in total. The van der Waals surface area contributed by atoms with Crippen LogP contribution in [-0.2, 0) is 32.0 Å². The number of benzene rings is 2. The van der Waals surface area contributed by atoms with Gasteiger partial charge < -0.3 is 33.2 Å². The van der Waals surface area contributed by atoms with Crippen LogP contribution in [0.15, 0.2) is 45.6 Å². The Morgan fingerprint density at radius 1 is 0.712 bits per heavy atom. The fourth-order valence-electron chi connectivity index (χ4n) is 8.39. The van der Waals surface area contributed by atoms with E-state index in [9.17, 15) is 14.7 Å². The molecule has 1 aliphatic heterocycles. The highest BCUT2D eigenvalue weighted by molar-refractivity contribution is 9.10. The van der Waals surface area contributed by atoms with E-state index in [1.807, 2.05) is 30.3 Å². The molecule has 1 atom stereocenters. The van der Waals surface area contributed by atoms with Gasteiger partial charge in [0, 0.05) is 30.5 Å². The van der Waals surface area contributed by atoms with Gasteiger partial charge in [-0.05, 0) is 124 Å². The van der Waals surface area contributed by atoms with Gasteiger partial charge >= 0.3 is 11.9 Å². The number of nitrogens with zero attached hydrogens (tertiary/aromatic N) is 2. The van der Waals surface area contributed by atoms with E-state index >= 15 is 0 Å². The lowest BCUT2D eigenvalue weighted by atomic mass is 9.84. The number of carbonyl (C=O) groups excluding carboxylic acids is 2. The fourth-order valence-corrected chi connectivity index (χ4v) is 10.2. The van der Waals surface area contributed by atoms with E-state index in [-0.39, 0.29) is 24.8 Å². The number of halogens is 2. The van der Waals surface area contributed by atoms with Crippen LogP contribution in [0.1, 0.15) is 127 Å². The van der Waals surface area contributed by atoms with Gasteiger partial charge in [-0.15, -0.1) is 0 Å². The second-order valence-electron chi connectivity index (χ2n) is 14.2. The van der Waals surface area contributed by atoms with Crippen molar-refractivity contribution in [1.29, 1.82) is 0 Å². The van der Waals surface area contributed by atoms with Crippen LogP contribution in [0.5, 0.6) is 0 Å². The zero-order chi connectivity index (χ0) is 36.6. The Morgan fingerprint density at radius 2 is 1.19 bits per heavy atom. The molecule has 282 valence electrons. The lowest BCUT2D eigenvalue weighted by Gasteiger charge is -2.23. The molecule has 0 amide bonds. The average molecular weight is 845 g/mol. The predicted octanol–water partition coefficient (Wildman–Crippen LogP) is 10.0. The third kappa shape index (κ3) is 8.65. The van der Waals surface area contributed by atoms with Crippen molar-refractivity contribution in [1.82, 2.24) is 9.13 Å². The minimum atomic E-state index is -0.334. The number of aliphatic hydroxyl groups is 1. The summed E-state index contributed by atoms with van der Waals surface area (Å²) in [5.41, 5.74) is 5.87. The third-order valence-corrected chi connectivity index (χ3v) is 12.7. The molecule has 2 saturated carbocycles. The molecule has 11 heteroatoms. The highest BCUT2D eigenvalue weighted by Crippen LogP contribution is 2.44. The highest BCUT2D eigenvalue weighted by Gasteiger charge is 2.27. The van der Waals surface area contributed by atoms with Gasteiger partial charge in [0.05, 0.1) is 58.8 Å². The molecule has 7 rings (SSSR count). The van der Waals surface area contributed by atoms with Crippen molar-refractivity contribution < 1.29 is 33.6 Å². The molecule has 52 heavy (non-hydrogen) atoms. The molecular formula is C41H52Br2N2O7. The van der Waals surface area contributed by atoms with Gasteiger partial charge in [0.2, 0.25) is 0 Å². The molecule has 2 aromatic heterocycles. The summed E-state index contributed by atoms with van der Waals surface area (Å²) in [5, 5.41) is 11.8. The molecule has 3 fully saturated rings. The highest BCUT2D eigenvalue weighted by atomic mass is 79.9. The summed E-state index contributed by atoms with van der Waals surface area (Å²) in [4.78, 5) is 23.9. The Morgan fingerprint density at radius 3 is 1.63 bits per heavy atom. The maximum absolute atomic E-state index is 12.1. The molecule has 1 unspecified atom stereocenters. The largest absolute Gasteiger partial charge is 0.465 e. The summed E-state index contributed by atoms with van der Waals surface area (Å²) in [6.45, 7) is 2.66. The third-order valence-electron chi connectivity index (χ3n) is 11.0. The summed E-state index contributed by atoms with van der Waals surface area (Å²) in [6, 6.07) is 11.6. The van der Waals surface area contributed by atoms with Crippen LogP contribution in [0, 0.1) is 0 Å². The summed E-state index contributed by atoms with van der Waals surface area (Å²) in [5.74, 6) is 0.471. The smallest absolute Gasteiger partial charge is 0.337 e. The number of rotatable bonds is 10. The zero-order valence-electron chi connectivity index (χ0n) is 30.5. The Kier molecular flexibility index (Phi) is 13.9. The molecule has 1 saturated heterocycles. The summed E-state index contributed by atoms with van der Waals surface area (Å²) >= 11 is 7.64. The number of carbonyl (C=O) groups is 2. The van der Waals surface area contributed by atoms with Gasteiger partial charge in [0.25, 0.3) is 0 Å². The predicted molar refractivity (Wildman–Crippen MR) is 210 cm³/mol. The molecule has 9 nitrogen and oxygen atoms in total. The van der Waals surface area contributed by atoms with Crippen LogP contribution in [0.4, 0.5) is 0 Å². The number of hydrogen-bond donors (Lipinski definition) is 1. The van der Waals surface area contributed by atoms with Crippen molar-refractivity contribution in [3.8, 4) is 0 Å². The van der Waals surface area contributed by atoms with E-state index in [1.165, 1.54) is 100 Å². The number of aliphatic hydroxyl groups excluding tert-OH is 1. The van der Waals surface area contributed by atoms with Crippen molar-refractivity contribution in [3.63, 3.8) is 0 Å². The molecule has 0 radical (unpaired) electrons. The van der Waals surface area contributed by atoms with Crippen LogP contribution < -0.4 is 0 Å². The van der Waals surface area contributed by atoms with Gasteiger partial charge in [-0.3, -0.25) is 0 Å². The fraction of sp³-hybridized carbons (Fsp3) is 0.561. The minimum absolute atomic E-state index is 0.0644. The van der Waals surface area contributed by atoms with E-state index in [4.69, 9.17) is 18.9 Å². The van der Waals surface area contributed by atoms with E-state index in [0.717, 1.165) is 46.1 Å². The zero-order valence-corrected chi connectivity index (χ0v) is 33.6. The monoisotopic (exact) mass is 842 g/mol. The van der Waals surface area contributed by atoms with Crippen LogP contribution >= 0.6 is 31.9 Å². The van der Waals surface area contributed by atoms with Gasteiger partial charge in [0.15, 0.2) is 6.29 Å². The molecule has 3 aliphatic rings. The molecule has 2 aliphatic carbocycles. The van der Waals surface area contributed by atoms with Crippen LogP contribution in [0.25, 0.3) is 21.8 Å². The summed E-state index contributed by atoms with van der Waals surface area (Å²) in [7, 11) is 2.82. The Hall–Kier alpha value is -2.70. The molecule has 0 bridgehead atoms. The Balaban J connectivity index is 0.000000183. The number of fused-ring (bicyclic) bond motifs is 2. The molecule has 2 aromatic carbocycles. The van der Waals surface area contributed by atoms with Gasteiger partial charge in [-0.1, -0.05) is 50.7 Å². The van der Waals surface area contributed by atoms with Crippen LogP contribution in [0.3, 0.4) is 0 Å². The first-order valence-electron chi connectivity index (χ1n) is 19.0. The second-order valence-corrected chi connectivity index (χ2v) is 15.7. The normalized spacial score (nSPS) is 18.7. The van der Waals surface area contributed by atoms with Crippen molar-refractivity contribution in [2.75, 3.05) is 34.0 Å². The second kappa shape index (κ2) is 18.6. The SMILES string of the molecule is COC(=O)c1ccc2c(C3CCCCC3)c(Br)n(CCO)c2c1.COC(=O)c1ccc2c(C3CCCCC3)c(Br)n(CCOC3CCCCO3)c2c1. The maximum atomic E-state index is 12.1. The summed E-state index contributed by atoms with van der Waals surface area (Å²) in [6.07, 6.45) is 15.8. The van der Waals surface area contributed by atoms with E-state index in [2.05, 4.69) is 47.1 Å². The quantitative estimate of drug-likeness (QED) is 0.159. The van der Waals surface area contributed by atoms with E-state index in [0.29, 0.717) is 42.7 Å².